The quantitative estimate of drug-likeness (QED) is 0.854. The Balaban J connectivity index is 1.89. The van der Waals surface area contributed by atoms with Gasteiger partial charge in [0, 0.05) is 24.2 Å². The molecule has 2 atom stereocenters. The Bertz CT molecular complexity index is 386. The van der Waals surface area contributed by atoms with Gasteiger partial charge in [-0.15, -0.1) is 0 Å². The van der Waals surface area contributed by atoms with E-state index in [-0.39, 0.29) is 0 Å². The maximum atomic E-state index is 3.51. The molecule has 2 nitrogen and oxygen atoms in total. The normalized spacial score (nSPS) is 20.0. The summed E-state index contributed by atoms with van der Waals surface area (Å²) in [6.07, 6.45) is 1.25. The molecule has 2 unspecified atom stereocenters. The van der Waals surface area contributed by atoms with Crippen LogP contribution in [0.3, 0.4) is 0 Å². The van der Waals surface area contributed by atoms with Crippen LogP contribution in [0.15, 0.2) is 24.3 Å². The van der Waals surface area contributed by atoms with Gasteiger partial charge in [0.25, 0.3) is 0 Å². The number of hydrogen-bond acceptors (Lipinski definition) is 2. The SMILES string of the molecule is CC(C)C(C)N(C)CCC1CNc2ccccc21. The lowest BCUT2D eigenvalue weighted by molar-refractivity contribution is 0.202. The Hall–Kier alpha value is -1.02. The Labute approximate surface area is 111 Å². The minimum atomic E-state index is 0.662. The summed E-state index contributed by atoms with van der Waals surface area (Å²) in [6, 6.07) is 9.39. The van der Waals surface area contributed by atoms with Crippen LogP contribution in [0.5, 0.6) is 0 Å². The number of nitrogens with zero attached hydrogens (tertiary/aromatic N) is 1. The lowest BCUT2D eigenvalue weighted by atomic mass is 9.97. The maximum absolute atomic E-state index is 3.51. The third-order valence-corrected chi connectivity index (χ3v) is 4.43. The van der Waals surface area contributed by atoms with Gasteiger partial charge in [-0.1, -0.05) is 32.0 Å². The molecule has 1 N–H and O–H groups in total. The highest BCUT2D eigenvalue weighted by atomic mass is 15.1. The van der Waals surface area contributed by atoms with Crippen LogP contribution in [0.25, 0.3) is 0 Å². The van der Waals surface area contributed by atoms with E-state index in [9.17, 15) is 0 Å². The number of hydrogen-bond donors (Lipinski definition) is 1. The van der Waals surface area contributed by atoms with Gasteiger partial charge in [0.05, 0.1) is 0 Å². The third-order valence-electron chi connectivity index (χ3n) is 4.43. The zero-order valence-electron chi connectivity index (χ0n) is 12.1. The molecule has 100 valence electrons. The molecule has 1 aliphatic rings. The lowest BCUT2D eigenvalue weighted by Crippen LogP contribution is -2.34. The summed E-state index contributed by atoms with van der Waals surface area (Å²) in [5.74, 6) is 1.41. The van der Waals surface area contributed by atoms with Gasteiger partial charge in [-0.25, -0.2) is 0 Å². The first-order chi connectivity index (χ1) is 8.59. The van der Waals surface area contributed by atoms with Gasteiger partial charge >= 0.3 is 0 Å². The number of nitrogens with one attached hydrogen (secondary N) is 1. The Morgan fingerprint density at radius 3 is 2.72 bits per heavy atom. The van der Waals surface area contributed by atoms with Crippen LogP contribution in [0.4, 0.5) is 5.69 Å². The van der Waals surface area contributed by atoms with E-state index < -0.39 is 0 Å². The minimum Gasteiger partial charge on any atom is -0.384 e. The monoisotopic (exact) mass is 246 g/mol. The summed E-state index contributed by atoms with van der Waals surface area (Å²) in [7, 11) is 2.25. The zero-order valence-corrected chi connectivity index (χ0v) is 12.1. The summed E-state index contributed by atoms with van der Waals surface area (Å²) < 4.78 is 0. The smallest absolute Gasteiger partial charge is 0.0376 e. The van der Waals surface area contributed by atoms with E-state index in [1.807, 2.05) is 0 Å². The molecular weight excluding hydrogens is 220 g/mol. The Kier molecular flexibility index (Phi) is 4.28. The van der Waals surface area contributed by atoms with Crippen molar-refractivity contribution in [1.29, 1.82) is 0 Å². The fraction of sp³-hybridized carbons (Fsp3) is 0.625. The topological polar surface area (TPSA) is 15.3 Å². The second-order valence-corrected chi connectivity index (χ2v) is 5.92. The molecule has 0 saturated heterocycles. The molecule has 0 spiro atoms. The third kappa shape index (κ3) is 2.86. The van der Waals surface area contributed by atoms with Gasteiger partial charge in [-0.05, 0) is 44.5 Å². The van der Waals surface area contributed by atoms with Crippen LogP contribution >= 0.6 is 0 Å². The van der Waals surface area contributed by atoms with E-state index in [1.165, 1.54) is 24.2 Å². The number of para-hydroxylation sites is 1. The van der Waals surface area contributed by atoms with Crippen LogP contribution in [-0.2, 0) is 0 Å². The molecule has 2 rings (SSSR count). The van der Waals surface area contributed by atoms with E-state index in [0.717, 1.165) is 12.5 Å². The average molecular weight is 246 g/mol. The molecule has 18 heavy (non-hydrogen) atoms. The van der Waals surface area contributed by atoms with Crippen molar-refractivity contribution >= 4 is 5.69 Å². The second-order valence-electron chi connectivity index (χ2n) is 5.92. The first-order valence-electron chi connectivity index (χ1n) is 7.12. The highest BCUT2D eigenvalue weighted by Gasteiger charge is 2.22. The predicted octanol–water partition coefficient (Wildman–Crippen LogP) is 3.56. The zero-order chi connectivity index (χ0) is 13.1. The van der Waals surface area contributed by atoms with E-state index in [0.29, 0.717) is 12.0 Å². The molecule has 0 saturated carbocycles. The number of rotatable bonds is 5. The maximum Gasteiger partial charge on any atom is 0.0376 e. The molecule has 0 aromatic heterocycles. The van der Waals surface area contributed by atoms with Crippen LogP contribution < -0.4 is 5.32 Å². The Morgan fingerprint density at radius 1 is 1.28 bits per heavy atom. The summed E-state index contributed by atoms with van der Waals surface area (Å²) >= 11 is 0. The van der Waals surface area contributed by atoms with Crippen molar-refractivity contribution < 1.29 is 0 Å². The molecule has 2 heteroatoms. The highest BCUT2D eigenvalue weighted by Crippen LogP contribution is 2.33. The van der Waals surface area contributed by atoms with E-state index in [2.05, 4.69) is 62.3 Å². The van der Waals surface area contributed by atoms with Crippen LogP contribution in [0, 0.1) is 5.92 Å². The van der Waals surface area contributed by atoms with Crippen molar-refractivity contribution in [2.24, 2.45) is 5.92 Å². The summed E-state index contributed by atoms with van der Waals surface area (Å²) in [4.78, 5) is 2.49. The van der Waals surface area contributed by atoms with Crippen LogP contribution in [0.1, 0.15) is 38.7 Å². The number of benzene rings is 1. The summed E-state index contributed by atoms with van der Waals surface area (Å²) in [6.45, 7) is 9.20. The summed E-state index contributed by atoms with van der Waals surface area (Å²) in [5.41, 5.74) is 2.84. The number of anilines is 1. The van der Waals surface area contributed by atoms with Crippen LogP contribution in [-0.4, -0.2) is 31.1 Å². The van der Waals surface area contributed by atoms with Crippen molar-refractivity contribution in [1.82, 2.24) is 4.90 Å². The molecule has 1 heterocycles. The second kappa shape index (κ2) is 5.75. The van der Waals surface area contributed by atoms with E-state index in [4.69, 9.17) is 0 Å². The Morgan fingerprint density at radius 2 is 2.00 bits per heavy atom. The van der Waals surface area contributed by atoms with Gasteiger partial charge in [-0.3, -0.25) is 0 Å². The predicted molar refractivity (Wildman–Crippen MR) is 79.2 cm³/mol. The van der Waals surface area contributed by atoms with Crippen molar-refractivity contribution in [2.45, 2.75) is 39.2 Å². The molecule has 1 aromatic carbocycles. The first-order valence-corrected chi connectivity index (χ1v) is 7.12. The average Bonchev–Trinajstić information content (AvgIpc) is 2.78. The molecule has 0 amide bonds. The minimum absolute atomic E-state index is 0.662. The van der Waals surface area contributed by atoms with Gasteiger partial charge in [0.15, 0.2) is 0 Å². The highest BCUT2D eigenvalue weighted by molar-refractivity contribution is 5.57. The molecule has 1 aromatic rings. The van der Waals surface area contributed by atoms with Crippen molar-refractivity contribution in [3.63, 3.8) is 0 Å². The van der Waals surface area contributed by atoms with Crippen LogP contribution in [0.2, 0.25) is 0 Å². The van der Waals surface area contributed by atoms with Gasteiger partial charge in [0.2, 0.25) is 0 Å². The number of fused-ring (bicyclic) bond motifs is 1. The van der Waals surface area contributed by atoms with Crippen molar-refractivity contribution in [3.05, 3.63) is 29.8 Å². The molecule has 0 radical (unpaired) electrons. The van der Waals surface area contributed by atoms with Gasteiger partial charge < -0.3 is 10.2 Å². The standard InChI is InChI=1S/C16H26N2/c1-12(2)13(3)18(4)10-9-14-11-17-16-8-6-5-7-15(14)16/h5-8,12-14,17H,9-11H2,1-4H3. The molecular formula is C16H26N2. The fourth-order valence-electron chi connectivity index (χ4n) is 2.69. The van der Waals surface area contributed by atoms with E-state index in [1.54, 1.807) is 0 Å². The van der Waals surface area contributed by atoms with Crippen molar-refractivity contribution in [3.8, 4) is 0 Å². The molecule has 1 aliphatic heterocycles. The lowest BCUT2D eigenvalue weighted by Gasteiger charge is -2.28. The van der Waals surface area contributed by atoms with E-state index >= 15 is 0 Å². The van der Waals surface area contributed by atoms with Gasteiger partial charge in [0.1, 0.15) is 0 Å². The molecule has 0 aliphatic carbocycles. The summed E-state index contributed by atoms with van der Waals surface area (Å²) in [5, 5.41) is 3.51. The van der Waals surface area contributed by atoms with Gasteiger partial charge in [-0.2, -0.15) is 0 Å². The molecule has 0 fully saturated rings. The first kappa shape index (κ1) is 13.4. The molecule has 0 bridgehead atoms. The largest absolute Gasteiger partial charge is 0.384 e. The fourth-order valence-corrected chi connectivity index (χ4v) is 2.69. The van der Waals surface area contributed by atoms with Crippen molar-refractivity contribution in [2.75, 3.05) is 25.5 Å².